The van der Waals surface area contributed by atoms with E-state index in [9.17, 15) is 9.18 Å². The van der Waals surface area contributed by atoms with Gasteiger partial charge in [-0.2, -0.15) is 0 Å². The van der Waals surface area contributed by atoms with Gasteiger partial charge in [0, 0.05) is 11.7 Å². The number of anilines is 1. The first kappa shape index (κ1) is 19.5. The summed E-state index contributed by atoms with van der Waals surface area (Å²) >= 11 is 0. The number of nitrogen functional groups attached to an aromatic ring is 1. The molecule has 0 aromatic heterocycles. The molecule has 1 fully saturated rings. The number of benzene rings is 1. The van der Waals surface area contributed by atoms with Crippen molar-refractivity contribution < 1.29 is 13.9 Å². The van der Waals surface area contributed by atoms with Crippen molar-refractivity contribution >= 4 is 11.8 Å². The van der Waals surface area contributed by atoms with Gasteiger partial charge in [0.2, 0.25) is 0 Å². The molecule has 0 spiro atoms. The number of carbonyl (C=O) groups is 1. The average Bonchev–Trinajstić information content (AvgIpc) is 2.98. The molecule has 0 bridgehead atoms. The maximum absolute atomic E-state index is 13.6. The van der Waals surface area contributed by atoms with Crippen molar-refractivity contribution in [1.29, 1.82) is 0 Å². The Morgan fingerprint density at radius 2 is 2.00 bits per heavy atom. The second-order valence-electron chi connectivity index (χ2n) is 8.19. The third-order valence-corrected chi connectivity index (χ3v) is 4.75. The Kier molecular flexibility index (Phi) is 6.31. The van der Waals surface area contributed by atoms with Crippen LogP contribution in [-0.2, 0) is 11.3 Å². The van der Waals surface area contributed by atoms with E-state index in [1.54, 1.807) is 11.0 Å². The monoisotopic (exact) mass is 350 g/mol. The lowest BCUT2D eigenvalue weighted by atomic mass is 9.98. The molecule has 1 aliphatic rings. The largest absolute Gasteiger partial charge is 0.444 e. The fourth-order valence-electron chi connectivity index (χ4n) is 3.47. The maximum Gasteiger partial charge on any atom is 0.410 e. The van der Waals surface area contributed by atoms with E-state index in [0.717, 1.165) is 6.42 Å². The first-order chi connectivity index (χ1) is 11.7. The van der Waals surface area contributed by atoms with E-state index in [0.29, 0.717) is 17.2 Å². The van der Waals surface area contributed by atoms with Gasteiger partial charge in [-0.1, -0.05) is 25.7 Å². The SMILES string of the molecule is C[C@@H](CC1CCCC1)N(Cc1cc(F)ccc1N)C(=O)OC(C)(C)C. The number of rotatable bonds is 5. The van der Waals surface area contributed by atoms with Gasteiger partial charge in [0.1, 0.15) is 11.4 Å². The normalized spacial score (nSPS) is 16.7. The lowest BCUT2D eigenvalue weighted by Crippen LogP contribution is -2.42. The zero-order chi connectivity index (χ0) is 18.6. The molecule has 4 nitrogen and oxygen atoms in total. The zero-order valence-corrected chi connectivity index (χ0v) is 15.8. The molecule has 1 saturated carbocycles. The second kappa shape index (κ2) is 8.07. The number of nitrogens with zero attached hydrogens (tertiary/aromatic N) is 1. The number of nitrogens with two attached hydrogens (primary N) is 1. The molecule has 1 aromatic rings. The van der Waals surface area contributed by atoms with Crippen LogP contribution in [0.4, 0.5) is 14.9 Å². The molecule has 0 aliphatic heterocycles. The van der Waals surface area contributed by atoms with E-state index in [1.165, 1.54) is 37.8 Å². The van der Waals surface area contributed by atoms with Crippen molar-refractivity contribution in [2.75, 3.05) is 5.73 Å². The summed E-state index contributed by atoms with van der Waals surface area (Å²) in [4.78, 5) is 14.4. The van der Waals surface area contributed by atoms with Crippen molar-refractivity contribution in [2.45, 2.75) is 78.0 Å². The molecule has 1 atom stereocenters. The highest BCUT2D eigenvalue weighted by Gasteiger charge is 2.29. The molecule has 2 N–H and O–H groups in total. The molecular weight excluding hydrogens is 319 g/mol. The molecule has 0 heterocycles. The minimum absolute atomic E-state index is 0.0145. The first-order valence-corrected chi connectivity index (χ1v) is 9.19. The zero-order valence-electron chi connectivity index (χ0n) is 15.8. The number of halogens is 1. The van der Waals surface area contributed by atoms with Crippen LogP contribution in [-0.4, -0.2) is 22.6 Å². The van der Waals surface area contributed by atoms with Crippen LogP contribution in [0.5, 0.6) is 0 Å². The summed E-state index contributed by atoms with van der Waals surface area (Å²) in [7, 11) is 0. The molecule has 1 aromatic carbocycles. The molecule has 1 amide bonds. The van der Waals surface area contributed by atoms with Gasteiger partial charge in [-0.05, 0) is 63.8 Å². The number of amides is 1. The predicted octanol–water partition coefficient (Wildman–Crippen LogP) is 5.11. The minimum atomic E-state index is -0.574. The molecule has 25 heavy (non-hydrogen) atoms. The van der Waals surface area contributed by atoms with Gasteiger partial charge in [0.05, 0.1) is 6.54 Å². The number of carbonyl (C=O) groups excluding carboxylic acids is 1. The van der Waals surface area contributed by atoms with Crippen LogP contribution in [0.2, 0.25) is 0 Å². The minimum Gasteiger partial charge on any atom is -0.444 e. The van der Waals surface area contributed by atoms with E-state index in [2.05, 4.69) is 0 Å². The van der Waals surface area contributed by atoms with Crippen molar-refractivity contribution in [3.05, 3.63) is 29.6 Å². The van der Waals surface area contributed by atoms with Gasteiger partial charge < -0.3 is 15.4 Å². The van der Waals surface area contributed by atoms with Gasteiger partial charge in [-0.15, -0.1) is 0 Å². The van der Waals surface area contributed by atoms with E-state index in [4.69, 9.17) is 10.5 Å². The Morgan fingerprint density at radius 3 is 2.60 bits per heavy atom. The maximum atomic E-state index is 13.6. The molecule has 5 heteroatoms. The summed E-state index contributed by atoms with van der Waals surface area (Å²) in [5.41, 5.74) is 6.51. The topological polar surface area (TPSA) is 55.6 Å². The Bertz CT molecular complexity index is 592. The Hall–Kier alpha value is -1.78. The van der Waals surface area contributed by atoms with Crippen molar-refractivity contribution in [3.63, 3.8) is 0 Å². The Balaban J connectivity index is 2.17. The van der Waals surface area contributed by atoms with E-state index in [-0.39, 0.29) is 24.5 Å². The summed E-state index contributed by atoms with van der Waals surface area (Å²) in [6, 6.07) is 4.29. The smallest absolute Gasteiger partial charge is 0.410 e. The quantitative estimate of drug-likeness (QED) is 0.750. The van der Waals surface area contributed by atoms with Crippen molar-refractivity contribution in [2.24, 2.45) is 5.92 Å². The van der Waals surface area contributed by atoms with Crippen LogP contribution in [0, 0.1) is 11.7 Å². The summed E-state index contributed by atoms with van der Waals surface area (Å²) in [5, 5.41) is 0. The Morgan fingerprint density at radius 1 is 1.36 bits per heavy atom. The predicted molar refractivity (Wildman–Crippen MR) is 98.6 cm³/mol. The van der Waals surface area contributed by atoms with Crippen LogP contribution >= 0.6 is 0 Å². The van der Waals surface area contributed by atoms with Gasteiger partial charge in [0.15, 0.2) is 0 Å². The second-order valence-corrected chi connectivity index (χ2v) is 8.19. The summed E-state index contributed by atoms with van der Waals surface area (Å²) in [6.07, 6.45) is 5.53. The third kappa shape index (κ3) is 5.91. The fraction of sp³-hybridized carbons (Fsp3) is 0.650. The van der Waals surface area contributed by atoms with Gasteiger partial charge >= 0.3 is 6.09 Å². The number of hydrogen-bond acceptors (Lipinski definition) is 3. The standard InChI is InChI=1S/C20H31FN2O2/c1-14(11-15-7-5-6-8-15)23(19(24)25-20(2,3)4)13-16-12-17(21)9-10-18(16)22/h9-10,12,14-15H,5-8,11,13,22H2,1-4H3/t14-/m0/s1. The van der Waals surface area contributed by atoms with Crippen LogP contribution in [0.15, 0.2) is 18.2 Å². The molecule has 140 valence electrons. The number of hydrogen-bond donors (Lipinski definition) is 1. The molecule has 0 radical (unpaired) electrons. The van der Waals surface area contributed by atoms with Crippen molar-refractivity contribution in [3.8, 4) is 0 Å². The highest BCUT2D eigenvalue weighted by Crippen LogP contribution is 2.31. The van der Waals surface area contributed by atoms with Crippen LogP contribution < -0.4 is 5.73 Å². The highest BCUT2D eigenvalue weighted by molar-refractivity contribution is 5.69. The van der Waals surface area contributed by atoms with E-state index in [1.807, 2.05) is 27.7 Å². The molecule has 0 saturated heterocycles. The fourth-order valence-corrected chi connectivity index (χ4v) is 3.47. The van der Waals surface area contributed by atoms with E-state index >= 15 is 0 Å². The van der Waals surface area contributed by atoms with E-state index < -0.39 is 5.60 Å². The number of ether oxygens (including phenoxy) is 1. The molecular formula is C20H31FN2O2. The summed E-state index contributed by atoms with van der Waals surface area (Å²) < 4.78 is 19.2. The first-order valence-electron chi connectivity index (χ1n) is 9.19. The lowest BCUT2D eigenvalue weighted by Gasteiger charge is -2.33. The summed E-state index contributed by atoms with van der Waals surface area (Å²) in [5.74, 6) is 0.293. The summed E-state index contributed by atoms with van der Waals surface area (Å²) in [6.45, 7) is 7.84. The van der Waals surface area contributed by atoms with Gasteiger partial charge in [-0.25, -0.2) is 9.18 Å². The van der Waals surface area contributed by atoms with Gasteiger partial charge in [-0.3, -0.25) is 0 Å². The molecule has 0 unspecified atom stereocenters. The van der Waals surface area contributed by atoms with Crippen LogP contribution in [0.3, 0.4) is 0 Å². The Labute approximate surface area is 150 Å². The van der Waals surface area contributed by atoms with Gasteiger partial charge in [0.25, 0.3) is 0 Å². The lowest BCUT2D eigenvalue weighted by molar-refractivity contribution is 0.0134. The van der Waals surface area contributed by atoms with Crippen LogP contribution in [0.1, 0.15) is 65.4 Å². The van der Waals surface area contributed by atoms with Crippen LogP contribution in [0.25, 0.3) is 0 Å². The highest BCUT2D eigenvalue weighted by atomic mass is 19.1. The average molecular weight is 350 g/mol. The molecule has 1 aliphatic carbocycles. The molecule has 2 rings (SSSR count). The van der Waals surface area contributed by atoms with Crippen molar-refractivity contribution in [1.82, 2.24) is 4.90 Å². The third-order valence-electron chi connectivity index (χ3n) is 4.75.